The molecule has 0 fully saturated rings. The molecule has 0 bridgehead atoms. The van der Waals surface area contributed by atoms with E-state index in [-0.39, 0.29) is 5.91 Å². The third-order valence-corrected chi connectivity index (χ3v) is 5.24. The molecule has 1 heterocycles. The van der Waals surface area contributed by atoms with E-state index in [1.165, 1.54) is 17.4 Å². The molecule has 1 aliphatic rings. The Labute approximate surface area is 169 Å². The smallest absolute Gasteiger partial charge is 0.303 e. The summed E-state index contributed by atoms with van der Waals surface area (Å²) in [4.78, 5) is 25.0. The fourth-order valence-corrected chi connectivity index (χ4v) is 3.74. The van der Waals surface area contributed by atoms with Crippen molar-refractivity contribution in [2.24, 2.45) is 0 Å². The molecule has 3 aromatic rings. The maximum atomic E-state index is 12.4. The molecule has 2 aromatic carbocycles. The first-order valence-corrected chi connectivity index (χ1v) is 9.57. The number of likely N-dealkylation sites (N-methyl/N-ethyl adjacent to an activating group) is 1. The second kappa shape index (κ2) is 7.54. The first kappa shape index (κ1) is 18.9. The van der Waals surface area contributed by atoms with Crippen molar-refractivity contribution in [2.75, 3.05) is 11.9 Å². The van der Waals surface area contributed by atoms with Crippen molar-refractivity contribution in [2.45, 2.75) is 32.8 Å². The number of carbonyl (C=O) groups excluding carboxylic acids is 2. The number of hydrogen-bond donors (Lipinski definition) is 0. The molecule has 0 N–H and O–H groups in total. The number of anilines is 1. The maximum absolute atomic E-state index is 12.4. The van der Waals surface area contributed by atoms with Crippen molar-refractivity contribution < 1.29 is 18.8 Å². The molecule has 0 aliphatic heterocycles. The second-order valence-electron chi connectivity index (χ2n) is 7.19. The summed E-state index contributed by atoms with van der Waals surface area (Å²) >= 11 is 0. The minimum Gasteiger partial charge on any atom is -0.453 e. The number of benzene rings is 2. The number of ether oxygens (including phenoxy) is 1. The lowest BCUT2D eigenvalue weighted by atomic mass is 9.88. The van der Waals surface area contributed by atoms with Crippen LogP contribution in [0.1, 0.15) is 25.0 Å². The SMILES string of the molecule is CC(=O)O[C@@H](C)C(=O)N(C)c1ccc(-c2onc3c2CCc2ccccc2-3)cc1. The summed E-state index contributed by atoms with van der Waals surface area (Å²) in [5.74, 6) is -0.00354. The zero-order valence-corrected chi connectivity index (χ0v) is 16.6. The van der Waals surface area contributed by atoms with Gasteiger partial charge in [-0.3, -0.25) is 9.59 Å². The highest BCUT2D eigenvalue weighted by Crippen LogP contribution is 2.38. The van der Waals surface area contributed by atoms with Gasteiger partial charge in [0.1, 0.15) is 5.69 Å². The minimum absolute atomic E-state index is 0.290. The van der Waals surface area contributed by atoms with Crippen molar-refractivity contribution in [1.82, 2.24) is 5.16 Å². The number of hydrogen-bond acceptors (Lipinski definition) is 5. The highest BCUT2D eigenvalue weighted by atomic mass is 16.5. The lowest BCUT2D eigenvalue weighted by molar-refractivity contribution is -0.151. The van der Waals surface area contributed by atoms with Crippen LogP contribution < -0.4 is 4.90 Å². The quantitative estimate of drug-likeness (QED) is 0.629. The highest BCUT2D eigenvalue weighted by molar-refractivity contribution is 5.97. The number of nitrogens with zero attached hydrogens (tertiary/aromatic N) is 2. The average Bonchev–Trinajstić information content (AvgIpc) is 3.17. The Hall–Kier alpha value is -3.41. The highest BCUT2D eigenvalue weighted by Gasteiger charge is 2.25. The Bertz CT molecular complexity index is 1070. The number of rotatable bonds is 4. The van der Waals surface area contributed by atoms with Crippen molar-refractivity contribution in [3.8, 4) is 22.6 Å². The molecule has 1 atom stereocenters. The topological polar surface area (TPSA) is 72.6 Å². The first-order chi connectivity index (χ1) is 14.0. The minimum atomic E-state index is -0.835. The van der Waals surface area contributed by atoms with Gasteiger partial charge >= 0.3 is 5.97 Å². The second-order valence-corrected chi connectivity index (χ2v) is 7.19. The van der Waals surface area contributed by atoms with E-state index in [0.717, 1.165) is 41.0 Å². The molecule has 0 saturated heterocycles. The molecule has 0 saturated carbocycles. The number of esters is 1. The molecule has 6 heteroatoms. The van der Waals surface area contributed by atoms with Gasteiger partial charge in [-0.15, -0.1) is 0 Å². The van der Waals surface area contributed by atoms with Gasteiger partial charge in [0.2, 0.25) is 0 Å². The molecule has 1 amide bonds. The van der Waals surface area contributed by atoms with Crippen LogP contribution in [-0.2, 0) is 27.2 Å². The van der Waals surface area contributed by atoms with Crippen LogP contribution in [0.4, 0.5) is 5.69 Å². The molecule has 0 unspecified atom stereocenters. The third kappa shape index (κ3) is 3.53. The fourth-order valence-electron chi connectivity index (χ4n) is 3.74. The lowest BCUT2D eigenvalue weighted by Crippen LogP contribution is -2.37. The van der Waals surface area contributed by atoms with Gasteiger partial charge < -0.3 is 14.2 Å². The molecular weight excluding hydrogens is 368 g/mol. The summed E-state index contributed by atoms with van der Waals surface area (Å²) < 4.78 is 10.7. The molecule has 0 spiro atoms. The van der Waals surface area contributed by atoms with Gasteiger partial charge in [-0.1, -0.05) is 29.4 Å². The van der Waals surface area contributed by atoms with Gasteiger partial charge in [0.15, 0.2) is 11.9 Å². The third-order valence-electron chi connectivity index (χ3n) is 5.24. The molecule has 29 heavy (non-hydrogen) atoms. The Morgan fingerprint density at radius 1 is 1.10 bits per heavy atom. The van der Waals surface area contributed by atoms with E-state index in [2.05, 4.69) is 17.3 Å². The number of aryl methyl sites for hydroxylation is 1. The van der Waals surface area contributed by atoms with Crippen molar-refractivity contribution >= 4 is 17.6 Å². The molecule has 148 valence electrons. The Balaban J connectivity index is 1.58. The normalized spacial score (nSPS) is 13.2. The molecule has 1 aromatic heterocycles. The average molecular weight is 390 g/mol. The van der Waals surface area contributed by atoms with Gasteiger partial charge in [-0.2, -0.15) is 0 Å². The van der Waals surface area contributed by atoms with Crippen LogP contribution in [0.3, 0.4) is 0 Å². The number of amides is 1. The molecular formula is C23H22N2O4. The Morgan fingerprint density at radius 2 is 1.83 bits per heavy atom. The van der Waals surface area contributed by atoms with E-state index in [1.54, 1.807) is 14.0 Å². The van der Waals surface area contributed by atoms with Crippen LogP contribution in [0.25, 0.3) is 22.6 Å². The van der Waals surface area contributed by atoms with Gasteiger partial charge in [-0.25, -0.2) is 0 Å². The van der Waals surface area contributed by atoms with E-state index in [9.17, 15) is 9.59 Å². The van der Waals surface area contributed by atoms with E-state index in [4.69, 9.17) is 9.26 Å². The summed E-state index contributed by atoms with van der Waals surface area (Å²) in [6, 6.07) is 15.8. The number of carbonyl (C=O) groups is 2. The summed E-state index contributed by atoms with van der Waals surface area (Å²) in [6.07, 6.45) is 1.00. The lowest BCUT2D eigenvalue weighted by Gasteiger charge is -2.21. The van der Waals surface area contributed by atoms with Gasteiger partial charge in [0, 0.05) is 36.3 Å². The Morgan fingerprint density at radius 3 is 2.55 bits per heavy atom. The monoisotopic (exact) mass is 390 g/mol. The molecule has 1 aliphatic carbocycles. The largest absolute Gasteiger partial charge is 0.453 e. The van der Waals surface area contributed by atoms with E-state index in [1.807, 2.05) is 36.4 Å². The predicted molar refractivity (Wildman–Crippen MR) is 109 cm³/mol. The van der Waals surface area contributed by atoms with Crippen LogP contribution in [0.5, 0.6) is 0 Å². The molecule has 4 rings (SSSR count). The summed E-state index contributed by atoms with van der Waals surface area (Å²) in [5, 5.41) is 4.32. The number of fused-ring (bicyclic) bond motifs is 3. The van der Waals surface area contributed by atoms with E-state index < -0.39 is 12.1 Å². The van der Waals surface area contributed by atoms with Gasteiger partial charge in [0.05, 0.1) is 0 Å². The van der Waals surface area contributed by atoms with Gasteiger partial charge in [0.25, 0.3) is 5.91 Å². The summed E-state index contributed by atoms with van der Waals surface area (Å²) in [5.41, 5.74) is 6.06. The van der Waals surface area contributed by atoms with Crippen LogP contribution in [0.15, 0.2) is 53.1 Å². The van der Waals surface area contributed by atoms with Crippen LogP contribution in [0, 0.1) is 0 Å². The van der Waals surface area contributed by atoms with Crippen molar-refractivity contribution in [3.63, 3.8) is 0 Å². The van der Waals surface area contributed by atoms with Gasteiger partial charge in [-0.05, 0) is 49.6 Å². The van der Waals surface area contributed by atoms with Crippen LogP contribution >= 0.6 is 0 Å². The van der Waals surface area contributed by atoms with Crippen molar-refractivity contribution in [1.29, 1.82) is 0 Å². The molecule has 0 radical (unpaired) electrons. The fraction of sp³-hybridized carbons (Fsp3) is 0.261. The van der Waals surface area contributed by atoms with Crippen molar-refractivity contribution in [3.05, 3.63) is 59.7 Å². The predicted octanol–water partition coefficient (Wildman–Crippen LogP) is 4.02. The molecule has 6 nitrogen and oxygen atoms in total. The van der Waals surface area contributed by atoms with E-state index >= 15 is 0 Å². The Kier molecular flexibility index (Phi) is 4.92. The zero-order chi connectivity index (χ0) is 20.5. The summed E-state index contributed by atoms with van der Waals surface area (Å²) in [6.45, 7) is 2.85. The van der Waals surface area contributed by atoms with Crippen LogP contribution in [0.2, 0.25) is 0 Å². The standard InChI is InChI=1S/C23H22N2O4/c1-14(28-15(2)26)23(27)25(3)18-11-8-17(9-12-18)22-20-13-10-16-6-4-5-7-19(16)21(20)24-29-22/h4-9,11-12,14H,10,13H2,1-3H3/t14-/m0/s1. The number of aromatic nitrogens is 1. The first-order valence-electron chi connectivity index (χ1n) is 9.57. The zero-order valence-electron chi connectivity index (χ0n) is 16.6. The van der Waals surface area contributed by atoms with E-state index in [0.29, 0.717) is 5.69 Å². The summed E-state index contributed by atoms with van der Waals surface area (Å²) in [7, 11) is 1.66. The van der Waals surface area contributed by atoms with Crippen LogP contribution in [-0.4, -0.2) is 30.2 Å². The maximum Gasteiger partial charge on any atom is 0.303 e.